The number of nitrogens with zero attached hydrogens (tertiary/aromatic N) is 5. The number of nitrogens with two attached hydrogens (primary N) is 1. The molecule has 3 N–H and O–H groups in total. The first-order valence-electron chi connectivity index (χ1n) is 10.6. The van der Waals surface area contributed by atoms with Gasteiger partial charge in [-0.1, -0.05) is 12.0 Å². The molecule has 31 heavy (non-hydrogen) atoms. The van der Waals surface area contributed by atoms with Crippen molar-refractivity contribution in [2.45, 2.75) is 42.5 Å². The van der Waals surface area contributed by atoms with Crippen molar-refractivity contribution < 1.29 is 4.21 Å². The Hall–Kier alpha value is -2.83. The summed E-state index contributed by atoms with van der Waals surface area (Å²) < 4.78 is 12.6. The smallest absolute Gasteiger partial charge is 0.227 e. The molecule has 1 aliphatic carbocycles. The Bertz CT molecular complexity index is 1100. The lowest BCUT2D eigenvalue weighted by atomic mass is 9.77. The molecule has 0 bridgehead atoms. The number of aryl methyl sites for hydroxylation is 1. The number of hydrogen-bond acceptors (Lipinski definition) is 8. The molecule has 9 heteroatoms. The van der Waals surface area contributed by atoms with Gasteiger partial charge in [0.25, 0.3) is 0 Å². The second-order valence-corrected chi connectivity index (χ2v) is 9.78. The summed E-state index contributed by atoms with van der Waals surface area (Å²) in [5.74, 6) is 5.22. The molecule has 2 aromatic heterocycles. The minimum Gasteiger partial charge on any atom is -0.362 e. The van der Waals surface area contributed by atoms with E-state index in [9.17, 15) is 4.21 Å². The van der Waals surface area contributed by atoms with Crippen LogP contribution < -0.4 is 16.0 Å². The van der Waals surface area contributed by atoms with Gasteiger partial charge in [0.2, 0.25) is 5.95 Å². The molecule has 2 aromatic rings. The predicted octanol–water partition coefficient (Wildman–Crippen LogP) is 1.50. The second-order valence-electron chi connectivity index (χ2n) is 8.28. The summed E-state index contributed by atoms with van der Waals surface area (Å²) in [7, 11) is -1.06. The van der Waals surface area contributed by atoms with Gasteiger partial charge in [0, 0.05) is 44.2 Å². The minimum absolute atomic E-state index is 0.136. The maximum Gasteiger partial charge on any atom is 0.227 e. The van der Waals surface area contributed by atoms with E-state index in [2.05, 4.69) is 32.2 Å². The molecule has 0 aromatic carbocycles. The van der Waals surface area contributed by atoms with Gasteiger partial charge >= 0.3 is 0 Å². The van der Waals surface area contributed by atoms with Crippen molar-refractivity contribution in [1.82, 2.24) is 19.9 Å². The van der Waals surface area contributed by atoms with Gasteiger partial charge in [0.15, 0.2) is 5.82 Å². The van der Waals surface area contributed by atoms with Crippen LogP contribution in [0.2, 0.25) is 0 Å². The summed E-state index contributed by atoms with van der Waals surface area (Å²) in [5.41, 5.74) is 8.56. The maximum absolute atomic E-state index is 12.6. The average Bonchev–Trinajstić information content (AvgIpc) is 3.17. The molecule has 2 aliphatic heterocycles. The average molecular weight is 436 g/mol. The number of rotatable bonds is 5. The molecule has 3 aliphatic rings. The molecule has 4 heterocycles. The zero-order valence-corrected chi connectivity index (χ0v) is 18.1. The number of nitrogens with one attached hydrogen (secondary N) is 1. The molecule has 5 rings (SSSR count). The third-order valence-electron chi connectivity index (χ3n) is 6.36. The van der Waals surface area contributed by atoms with E-state index < -0.39 is 10.8 Å². The van der Waals surface area contributed by atoms with Crippen molar-refractivity contribution in [3.63, 3.8) is 0 Å². The third kappa shape index (κ3) is 3.70. The lowest BCUT2D eigenvalue weighted by Gasteiger charge is -2.42. The molecular weight excluding hydrogens is 410 g/mol. The third-order valence-corrected chi connectivity index (χ3v) is 7.82. The van der Waals surface area contributed by atoms with E-state index in [1.165, 1.54) is 0 Å². The normalized spacial score (nSPS) is 21.6. The number of terminal acetylenes is 1. The summed E-state index contributed by atoms with van der Waals surface area (Å²) in [6, 6.07) is 0. The van der Waals surface area contributed by atoms with Crippen LogP contribution in [-0.2, 0) is 17.2 Å². The van der Waals surface area contributed by atoms with Gasteiger partial charge in [-0.3, -0.25) is 4.21 Å². The van der Waals surface area contributed by atoms with Gasteiger partial charge in [-0.2, -0.15) is 4.98 Å². The molecule has 0 spiro atoms. The first-order chi connectivity index (χ1) is 15.1. The van der Waals surface area contributed by atoms with E-state index in [0.29, 0.717) is 48.4 Å². The molecule has 0 saturated heterocycles. The summed E-state index contributed by atoms with van der Waals surface area (Å²) in [6.45, 7) is 1.97. The lowest BCUT2D eigenvalue weighted by molar-refractivity contribution is 0.286. The molecule has 0 amide bonds. The second kappa shape index (κ2) is 8.02. The Labute approximate surface area is 184 Å². The van der Waals surface area contributed by atoms with E-state index >= 15 is 0 Å². The molecule has 1 saturated carbocycles. The van der Waals surface area contributed by atoms with Crippen LogP contribution in [-0.4, -0.2) is 55.1 Å². The number of fused-ring (bicyclic) bond motifs is 1. The lowest BCUT2D eigenvalue weighted by Crippen LogP contribution is -2.51. The summed E-state index contributed by atoms with van der Waals surface area (Å²) in [5, 5.41) is 3.55. The first-order valence-corrected chi connectivity index (χ1v) is 11.9. The van der Waals surface area contributed by atoms with E-state index in [-0.39, 0.29) is 5.54 Å². The van der Waals surface area contributed by atoms with Gasteiger partial charge in [0.05, 0.1) is 27.6 Å². The SMILES string of the molecule is C#Cc1cnc(C2=CCN(c3nc4c(c(NC5(CN)CCC5)n3)[S@@](=O)CC4)CC2)nc1. The van der Waals surface area contributed by atoms with Crippen LogP contribution in [0.25, 0.3) is 5.57 Å². The fraction of sp³-hybridized carbons (Fsp3) is 0.455. The molecular formula is C22H25N7OS. The van der Waals surface area contributed by atoms with Crippen LogP contribution in [0.15, 0.2) is 23.4 Å². The highest BCUT2D eigenvalue weighted by Crippen LogP contribution is 2.38. The minimum atomic E-state index is -1.06. The standard InChI is InChI=1S/C22H25N7OS/c1-2-15-12-24-19(25-13-15)16-4-9-29(10-5-16)21-26-17-6-11-31(30)18(17)20(27-21)28-22(14-23)7-3-8-22/h1,4,12-13H,3,5-11,14,23H2,(H,26,27,28)/t31-/m0/s1. The highest BCUT2D eigenvalue weighted by atomic mass is 32.2. The largest absolute Gasteiger partial charge is 0.362 e. The van der Waals surface area contributed by atoms with Crippen molar-refractivity contribution in [3.05, 3.63) is 35.6 Å². The fourth-order valence-electron chi connectivity index (χ4n) is 4.27. The number of hydrogen-bond donors (Lipinski definition) is 2. The van der Waals surface area contributed by atoms with Gasteiger partial charge in [0.1, 0.15) is 10.7 Å². The topological polar surface area (TPSA) is 110 Å². The Morgan fingerprint density at radius 1 is 1.26 bits per heavy atom. The number of anilines is 2. The van der Waals surface area contributed by atoms with Crippen molar-refractivity contribution >= 4 is 28.1 Å². The van der Waals surface area contributed by atoms with Crippen molar-refractivity contribution in [2.24, 2.45) is 5.73 Å². The van der Waals surface area contributed by atoms with Crippen LogP contribution in [0.3, 0.4) is 0 Å². The van der Waals surface area contributed by atoms with Crippen LogP contribution in [0.1, 0.15) is 42.8 Å². The van der Waals surface area contributed by atoms with Crippen molar-refractivity contribution in [2.75, 3.05) is 35.6 Å². The quantitative estimate of drug-likeness (QED) is 0.680. The van der Waals surface area contributed by atoms with Crippen LogP contribution in [0, 0.1) is 12.3 Å². The Balaban J connectivity index is 1.40. The molecule has 0 unspecified atom stereocenters. The molecule has 1 fully saturated rings. The Morgan fingerprint density at radius 3 is 2.68 bits per heavy atom. The van der Waals surface area contributed by atoms with Gasteiger partial charge in [-0.25, -0.2) is 15.0 Å². The Kier molecular flexibility index (Phi) is 5.20. The van der Waals surface area contributed by atoms with Gasteiger partial charge in [-0.15, -0.1) is 6.42 Å². The Morgan fingerprint density at radius 2 is 2.06 bits per heavy atom. The van der Waals surface area contributed by atoms with Gasteiger partial charge < -0.3 is 16.0 Å². The summed E-state index contributed by atoms with van der Waals surface area (Å²) >= 11 is 0. The molecule has 8 nitrogen and oxygen atoms in total. The molecule has 1 atom stereocenters. The molecule has 160 valence electrons. The van der Waals surface area contributed by atoms with Crippen molar-refractivity contribution in [1.29, 1.82) is 0 Å². The van der Waals surface area contributed by atoms with Crippen LogP contribution in [0.4, 0.5) is 11.8 Å². The van der Waals surface area contributed by atoms with Crippen LogP contribution in [0.5, 0.6) is 0 Å². The van der Waals surface area contributed by atoms with Crippen LogP contribution >= 0.6 is 0 Å². The zero-order valence-electron chi connectivity index (χ0n) is 17.3. The highest BCUT2D eigenvalue weighted by Gasteiger charge is 2.38. The predicted molar refractivity (Wildman–Crippen MR) is 121 cm³/mol. The van der Waals surface area contributed by atoms with Gasteiger partial charge in [-0.05, 0) is 31.3 Å². The summed E-state index contributed by atoms with van der Waals surface area (Å²) in [4.78, 5) is 21.3. The summed E-state index contributed by atoms with van der Waals surface area (Å²) in [6.07, 6.45) is 15.5. The maximum atomic E-state index is 12.6. The number of aromatic nitrogens is 4. The monoisotopic (exact) mass is 435 g/mol. The fourth-order valence-corrected chi connectivity index (χ4v) is 5.57. The van der Waals surface area contributed by atoms with E-state index in [0.717, 1.165) is 48.4 Å². The first kappa shape index (κ1) is 20.1. The van der Waals surface area contributed by atoms with E-state index in [4.69, 9.17) is 22.1 Å². The van der Waals surface area contributed by atoms with E-state index in [1.807, 2.05) is 0 Å². The zero-order chi connectivity index (χ0) is 21.4. The van der Waals surface area contributed by atoms with Crippen molar-refractivity contribution in [3.8, 4) is 12.3 Å². The highest BCUT2D eigenvalue weighted by molar-refractivity contribution is 7.85. The van der Waals surface area contributed by atoms with E-state index in [1.54, 1.807) is 12.4 Å². The molecule has 0 radical (unpaired) electrons.